The standard InChI is InChI=1S/C11H16N4O3/c1-14(2)10(16)18-11(17)15-5-3-4-9-8(7-15)6-12-13-9/h6H,3-5,7H2,1-2H3,(H,12,13). The number of aryl methyl sites for hydroxylation is 1. The minimum atomic E-state index is -0.656. The van der Waals surface area contributed by atoms with E-state index in [9.17, 15) is 9.59 Å². The van der Waals surface area contributed by atoms with Crippen molar-refractivity contribution >= 4 is 12.2 Å². The fourth-order valence-corrected chi connectivity index (χ4v) is 1.81. The van der Waals surface area contributed by atoms with Crippen molar-refractivity contribution in [2.24, 2.45) is 0 Å². The van der Waals surface area contributed by atoms with E-state index in [0.29, 0.717) is 13.1 Å². The van der Waals surface area contributed by atoms with Gasteiger partial charge in [-0.15, -0.1) is 0 Å². The molecule has 2 heterocycles. The van der Waals surface area contributed by atoms with E-state index < -0.39 is 12.2 Å². The van der Waals surface area contributed by atoms with E-state index >= 15 is 0 Å². The summed E-state index contributed by atoms with van der Waals surface area (Å²) in [5.41, 5.74) is 2.02. The van der Waals surface area contributed by atoms with E-state index in [1.165, 1.54) is 23.9 Å². The molecule has 0 unspecified atom stereocenters. The number of hydrogen-bond donors (Lipinski definition) is 1. The van der Waals surface area contributed by atoms with Gasteiger partial charge in [-0.1, -0.05) is 0 Å². The zero-order chi connectivity index (χ0) is 13.1. The molecule has 1 N–H and O–H groups in total. The van der Waals surface area contributed by atoms with E-state index in [4.69, 9.17) is 4.74 Å². The molecule has 1 aromatic heterocycles. The second kappa shape index (κ2) is 5.07. The van der Waals surface area contributed by atoms with Crippen LogP contribution in [0.15, 0.2) is 6.20 Å². The van der Waals surface area contributed by atoms with E-state index in [1.807, 2.05) is 0 Å². The topological polar surface area (TPSA) is 78.5 Å². The van der Waals surface area contributed by atoms with Crippen LogP contribution in [0.25, 0.3) is 0 Å². The first kappa shape index (κ1) is 12.4. The Hall–Kier alpha value is -2.05. The molecule has 7 nitrogen and oxygen atoms in total. The van der Waals surface area contributed by atoms with E-state index in [2.05, 4.69) is 10.2 Å². The van der Waals surface area contributed by atoms with Crippen LogP contribution >= 0.6 is 0 Å². The first-order valence-electron chi connectivity index (χ1n) is 5.77. The third-order valence-corrected chi connectivity index (χ3v) is 2.82. The molecule has 2 amide bonds. The van der Waals surface area contributed by atoms with Gasteiger partial charge in [0.05, 0.1) is 12.7 Å². The van der Waals surface area contributed by atoms with Crippen LogP contribution in [0.3, 0.4) is 0 Å². The average Bonchev–Trinajstić information content (AvgIpc) is 2.66. The summed E-state index contributed by atoms with van der Waals surface area (Å²) in [6, 6.07) is 0. The highest BCUT2D eigenvalue weighted by molar-refractivity contribution is 5.83. The summed E-state index contributed by atoms with van der Waals surface area (Å²) in [5.74, 6) is 0. The van der Waals surface area contributed by atoms with Crippen LogP contribution in [0, 0.1) is 0 Å². The van der Waals surface area contributed by atoms with Crippen LogP contribution in [-0.4, -0.2) is 52.8 Å². The van der Waals surface area contributed by atoms with Crippen molar-refractivity contribution in [3.05, 3.63) is 17.5 Å². The SMILES string of the molecule is CN(C)C(=O)OC(=O)N1CCCc2[nH]ncc2C1. The number of carbonyl (C=O) groups is 2. The summed E-state index contributed by atoms with van der Waals surface area (Å²) >= 11 is 0. The molecule has 1 aliphatic rings. The molecule has 0 bridgehead atoms. The highest BCUT2D eigenvalue weighted by Crippen LogP contribution is 2.16. The molecule has 0 aromatic carbocycles. The summed E-state index contributed by atoms with van der Waals surface area (Å²) < 4.78 is 4.74. The van der Waals surface area contributed by atoms with Crippen molar-refractivity contribution in [1.82, 2.24) is 20.0 Å². The number of ether oxygens (including phenoxy) is 1. The zero-order valence-electron chi connectivity index (χ0n) is 10.5. The number of rotatable bonds is 0. The fourth-order valence-electron chi connectivity index (χ4n) is 1.81. The second-order valence-electron chi connectivity index (χ2n) is 4.43. The Morgan fingerprint density at radius 3 is 3.00 bits per heavy atom. The van der Waals surface area contributed by atoms with Gasteiger partial charge in [0.15, 0.2) is 0 Å². The lowest BCUT2D eigenvalue weighted by molar-refractivity contribution is 0.102. The first-order valence-corrected chi connectivity index (χ1v) is 5.77. The van der Waals surface area contributed by atoms with Crippen LogP contribution < -0.4 is 0 Å². The Morgan fingerprint density at radius 2 is 2.28 bits per heavy atom. The zero-order valence-corrected chi connectivity index (χ0v) is 10.5. The number of nitrogens with zero attached hydrogens (tertiary/aromatic N) is 3. The van der Waals surface area contributed by atoms with Gasteiger partial charge in [-0.3, -0.25) is 5.10 Å². The maximum Gasteiger partial charge on any atom is 0.419 e. The lowest BCUT2D eigenvalue weighted by Gasteiger charge is -2.20. The Kier molecular flexibility index (Phi) is 3.50. The summed E-state index contributed by atoms with van der Waals surface area (Å²) in [7, 11) is 3.07. The third-order valence-electron chi connectivity index (χ3n) is 2.82. The van der Waals surface area contributed by atoms with Gasteiger partial charge in [0.2, 0.25) is 0 Å². The fraction of sp³-hybridized carbons (Fsp3) is 0.545. The molecule has 0 fully saturated rings. The molecule has 0 aliphatic carbocycles. The molecular formula is C11H16N4O3. The number of hydrogen-bond acceptors (Lipinski definition) is 4. The van der Waals surface area contributed by atoms with Gasteiger partial charge < -0.3 is 14.5 Å². The lowest BCUT2D eigenvalue weighted by atomic mass is 10.2. The van der Waals surface area contributed by atoms with Gasteiger partial charge in [0.1, 0.15) is 0 Å². The van der Waals surface area contributed by atoms with Crippen molar-refractivity contribution in [3.63, 3.8) is 0 Å². The van der Waals surface area contributed by atoms with Gasteiger partial charge in [-0.05, 0) is 12.8 Å². The highest BCUT2D eigenvalue weighted by Gasteiger charge is 2.23. The quantitative estimate of drug-likeness (QED) is 0.698. The first-order chi connectivity index (χ1) is 8.58. The monoisotopic (exact) mass is 252 g/mol. The number of H-pyrrole nitrogens is 1. The third kappa shape index (κ3) is 2.61. The minimum Gasteiger partial charge on any atom is -0.359 e. The van der Waals surface area contributed by atoms with Crippen LogP contribution in [0.4, 0.5) is 9.59 Å². The molecule has 18 heavy (non-hydrogen) atoms. The number of nitrogens with one attached hydrogen (secondary N) is 1. The van der Waals surface area contributed by atoms with Crippen LogP contribution in [0.2, 0.25) is 0 Å². The van der Waals surface area contributed by atoms with E-state index in [-0.39, 0.29) is 0 Å². The van der Waals surface area contributed by atoms with Gasteiger partial charge in [-0.2, -0.15) is 5.10 Å². The smallest absolute Gasteiger partial charge is 0.359 e. The van der Waals surface area contributed by atoms with Crippen molar-refractivity contribution in [2.45, 2.75) is 19.4 Å². The molecule has 1 aliphatic heterocycles. The Labute approximate surface area is 105 Å². The minimum absolute atomic E-state index is 0.422. The van der Waals surface area contributed by atoms with Gasteiger partial charge >= 0.3 is 12.2 Å². The van der Waals surface area contributed by atoms with Crippen molar-refractivity contribution < 1.29 is 14.3 Å². The Bertz CT molecular complexity index is 455. The summed E-state index contributed by atoms with van der Waals surface area (Å²) in [6.07, 6.45) is 2.11. The molecule has 0 radical (unpaired) electrons. The van der Waals surface area contributed by atoms with E-state index in [0.717, 1.165) is 24.1 Å². The van der Waals surface area contributed by atoms with Crippen molar-refractivity contribution in [3.8, 4) is 0 Å². The van der Waals surface area contributed by atoms with Crippen molar-refractivity contribution in [1.29, 1.82) is 0 Å². The van der Waals surface area contributed by atoms with Gasteiger partial charge in [-0.25, -0.2) is 9.59 Å². The van der Waals surface area contributed by atoms with Gasteiger partial charge in [0.25, 0.3) is 0 Å². The normalized spacial score (nSPS) is 14.7. The maximum atomic E-state index is 11.8. The Morgan fingerprint density at radius 1 is 1.50 bits per heavy atom. The number of fused-ring (bicyclic) bond motifs is 1. The van der Waals surface area contributed by atoms with Crippen LogP contribution in [0.1, 0.15) is 17.7 Å². The average molecular weight is 252 g/mol. The van der Waals surface area contributed by atoms with E-state index in [1.54, 1.807) is 6.20 Å². The van der Waals surface area contributed by atoms with Gasteiger partial charge in [0, 0.05) is 31.9 Å². The molecule has 0 saturated heterocycles. The molecule has 2 rings (SSSR count). The highest BCUT2D eigenvalue weighted by atomic mass is 16.6. The summed E-state index contributed by atoms with van der Waals surface area (Å²) in [5, 5.41) is 6.86. The molecule has 0 spiro atoms. The van der Waals surface area contributed by atoms with Crippen LogP contribution in [0.5, 0.6) is 0 Å². The molecular weight excluding hydrogens is 236 g/mol. The maximum absolute atomic E-state index is 11.8. The largest absolute Gasteiger partial charge is 0.419 e. The molecule has 0 saturated carbocycles. The summed E-state index contributed by atoms with van der Waals surface area (Å²) in [6.45, 7) is 0.993. The predicted octanol–water partition coefficient (Wildman–Crippen LogP) is 0.976. The number of amides is 2. The van der Waals surface area contributed by atoms with Crippen LogP contribution in [-0.2, 0) is 17.7 Å². The molecule has 0 atom stereocenters. The number of carbonyl (C=O) groups excluding carboxylic acids is 2. The molecule has 98 valence electrons. The molecule has 7 heteroatoms. The molecule has 1 aromatic rings. The predicted molar refractivity (Wildman–Crippen MR) is 62.9 cm³/mol. The lowest BCUT2D eigenvalue weighted by Crippen LogP contribution is -2.35. The number of aromatic amines is 1. The second-order valence-corrected chi connectivity index (χ2v) is 4.43. The van der Waals surface area contributed by atoms with Crippen molar-refractivity contribution in [2.75, 3.05) is 20.6 Å². The summed E-state index contributed by atoms with van der Waals surface area (Å²) in [4.78, 5) is 25.9. The Balaban J connectivity index is 2.01. The number of aromatic nitrogens is 2.